The van der Waals surface area contributed by atoms with Crippen molar-refractivity contribution >= 4 is 27.5 Å². The topological polar surface area (TPSA) is 69.7 Å². The number of rotatable bonds is 8. The maximum Gasteiger partial charge on any atom is 0.224 e. The maximum atomic E-state index is 12.9. The minimum atomic E-state index is -3.51. The largest absolute Gasteiger partial charge is 0.352 e. The van der Waals surface area contributed by atoms with Crippen molar-refractivity contribution in [2.45, 2.75) is 50.9 Å². The average Bonchev–Trinajstić information content (AvgIpc) is 2.84. The van der Waals surface area contributed by atoms with Gasteiger partial charge in [0.15, 0.2) is 0 Å². The summed E-state index contributed by atoms with van der Waals surface area (Å²) < 4.78 is 27.3. The van der Waals surface area contributed by atoms with E-state index < -0.39 is 10.0 Å². The van der Waals surface area contributed by atoms with E-state index in [0.29, 0.717) is 36.5 Å². The first-order valence-electron chi connectivity index (χ1n) is 12.2. The van der Waals surface area contributed by atoms with Crippen molar-refractivity contribution in [1.29, 1.82) is 0 Å². The molecule has 0 aliphatic carbocycles. The molecule has 0 spiro atoms. The van der Waals surface area contributed by atoms with Gasteiger partial charge >= 0.3 is 0 Å². The van der Waals surface area contributed by atoms with Gasteiger partial charge in [-0.2, -0.15) is 0 Å². The van der Waals surface area contributed by atoms with Crippen LogP contribution < -0.4 is 5.32 Å². The van der Waals surface area contributed by atoms with Gasteiger partial charge in [-0.1, -0.05) is 54.4 Å². The predicted molar refractivity (Wildman–Crippen MR) is 136 cm³/mol. The van der Waals surface area contributed by atoms with E-state index in [1.807, 2.05) is 0 Å². The predicted octanol–water partition coefficient (Wildman–Crippen LogP) is 4.18. The summed E-state index contributed by atoms with van der Waals surface area (Å²) in [5.41, 5.74) is 3.00. The van der Waals surface area contributed by atoms with Crippen molar-refractivity contribution in [1.82, 2.24) is 14.5 Å². The van der Waals surface area contributed by atoms with E-state index in [1.165, 1.54) is 42.2 Å². The Hall–Kier alpha value is -1.93. The Kier molecular flexibility index (Phi) is 8.64. The molecule has 1 atom stereocenters. The quantitative estimate of drug-likeness (QED) is 0.586. The summed E-state index contributed by atoms with van der Waals surface area (Å²) in [6.07, 6.45) is 5.28. The van der Waals surface area contributed by atoms with Gasteiger partial charge in [-0.25, -0.2) is 12.7 Å². The number of carbonyl (C=O) groups is 1. The second-order valence-electron chi connectivity index (χ2n) is 9.45. The summed E-state index contributed by atoms with van der Waals surface area (Å²) in [7, 11) is -3.51. The third-order valence-electron chi connectivity index (χ3n) is 6.73. The number of benzene rings is 2. The van der Waals surface area contributed by atoms with E-state index >= 15 is 0 Å². The van der Waals surface area contributed by atoms with Crippen LogP contribution in [0.3, 0.4) is 0 Å². The van der Waals surface area contributed by atoms with Gasteiger partial charge in [0.25, 0.3) is 0 Å². The zero-order valence-corrected chi connectivity index (χ0v) is 21.2. The Morgan fingerprint density at radius 2 is 1.68 bits per heavy atom. The first-order chi connectivity index (χ1) is 16.4. The molecule has 1 amide bonds. The SMILES string of the molecule is O=C(NCc1ccc(CN2CCCCC2)cc1)[C@@H]1CCCN(S(=O)(=O)Cc2cccc(Cl)c2)C1. The Bertz CT molecular complexity index is 1070. The molecule has 0 saturated carbocycles. The number of amides is 1. The van der Waals surface area contributed by atoms with E-state index in [4.69, 9.17) is 11.6 Å². The molecule has 0 radical (unpaired) electrons. The maximum absolute atomic E-state index is 12.9. The van der Waals surface area contributed by atoms with Crippen LogP contribution in [-0.2, 0) is 33.7 Å². The highest BCUT2D eigenvalue weighted by Gasteiger charge is 2.32. The van der Waals surface area contributed by atoms with Crippen molar-refractivity contribution in [2.75, 3.05) is 26.2 Å². The van der Waals surface area contributed by atoms with Crippen LogP contribution in [0.15, 0.2) is 48.5 Å². The van der Waals surface area contributed by atoms with Gasteiger partial charge in [-0.3, -0.25) is 9.69 Å². The third-order valence-corrected chi connectivity index (χ3v) is 8.78. The third kappa shape index (κ3) is 7.04. The first-order valence-corrected chi connectivity index (χ1v) is 14.2. The summed E-state index contributed by atoms with van der Waals surface area (Å²) in [6, 6.07) is 15.3. The normalized spacial score (nSPS) is 20.2. The minimum Gasteiger partial charge on any atom is -0.352 e. The lowest BCUT2D eigenvalue weighted by molar-refractivity contribution is -0.126. The fourth-order valence-electron chi connectivity index (χ4n) is 4.81. The molecule has 0 unspecified atom stereocenters. The standard InChI is InChI=1S/C26H34ClN3O3S/c27-25-8-4-6-23(16-25)20-34(32,33)30-15-5-7-24(19-30)26(31)28-17-21-9-11-22(12-10-21)18-29-13-2-1-3-14-29/h4,6,8-12,16,24H,1-3,5,7,13-15,17-20H2,(H,28,31)/t24-/m1/s1. The molecule has 6 nitrogen and oxygen atoms in total. The summed E-state index contributed by atoms with van der Waals surface area (Å²) in [4.78, 5) is 15.3. The van der Waals surface area contributed by atoms with Gasteiger partial charge in [0.1, 0.15) is 0 Å². The average molecular weight is 504 g/mol. The lowest BCUT2D eigenvalue weighted by atomic mass is 9.98. The van der Waals surface area contributed by atoms with E-state index in [1.54, 1.807) is 24.3 Å². The van der Waals surface area contributed by atoms with Crippen LogP contribution in [0.1, 0.15) is 48.8 Å². The van der Waals surface area contributed by atoms with Crippen molar-refractivity contribution in [3.63, 3.8) is 0 Å². The summed E-state index contributed by atoms with van der Waals surface area (Å²) >= 11 is 6.00. The van der Waals surface area contributed by atoms with Crippen LogP contribution >= 0.6 is 11.6 Å². The van der Waals surface area contributed by atoms with Crippen molar-refractivity contribution in [3.05, 3.63) is 70.2 Å². The highest BCUT2D eigenvalue weighted by molar-refractivity contribution is 7.88. The molecule has 4 rings (SSSR count). The molecule has 34 heavy (non-hydrogen) atoms. The second kappa shape index (κ2) is 11.7. The number of piperidine rings is 2. The number of nitrogens with one attached hydrogen (secondary N) is 1. The van der Waals surface area contributed by atoms with Crippen LogP contribution in [0.2, 0.25) is 5.02 Å². The highest BCUT2D eigenvalue weighted by atomic mass is 35.5. The van der Waals surface area contributed by atoms with Crippen molar-refractivity contribution < 1.29 is 13.2 Å². The summed E-state index contributed by atoms with van der Waals surface area (Å²) in [5, 5.41) is 3.53. The molecule has 2 aromatic carbocycles. The molecule has 0 aromatic heterocycles. The van der Waals surface area contributed by atoms with E-state index in [-0.39, 0.29) is 24.1 Å². The lowest BCUT2D eigenvalue weighted by Gasteiger charge is -2.31. The highest BCUT2D eigenvalue weighted by Crippen LogP contribution is 2.23. The Balaban J connectivity index is 1.27. The van der Waals surface area contributed by atoms with Gasteiger partial charge in [0, 0.05) is 31.2 Å². The monoisotopic (exact) mass is 503 g/mol. The molecular formula is C26H34ClN3O3S. The van der Waals surface area contributed by atoms with E-state index in [2.05, 4.69) is 34.5 Å². The zero-order chi connectivity index (χ0) is 24.0. The van der Waals surface area contributed by atoms with Gasteiger partial charge in [-0.05, 0) is 67.6 Å². The first kappa shape index (κ1) is 25.2. The lowest BCUT2D eigenvalue weighted by Crippen LogP contribution is -2.45. The second-order valence-corrected chi connectivity index (χ2v) is 11.9. The van der Waals surface area contributed by atoms with E-state index in [0.717, 1.165) is 12.1 Å². The number of nitrogens with zero attached hydrogens (tertiary/aromatic N) is 2. The zero-order valence-electron chi connectivity index (χ0n) is 19.6. The van der Waals surface area contributed by atoms with Crippen LogP contribution in [0.4, 0.5) is 0 Å². The Labute approximate surface area is 208 Å². The minimum absolute atomic E-state index is 0.0833. The number of halogens is 1. The van der Waals surface area contributed by atoms with Gasteiger partial charge in [0.2, 0.25) is 15.9 Å². The molecule has 2 heterocycles. The number of carbonyl (C=O) groups excluding carboxylic acids is 1. The molecule has 2 aliphatic rings. The molecule has 2 fully saturated rings. The Morgan fingerprint density at radius 3 is 2.41 bits per heavy atom. The van der Waals surface area contributed by atoms with Crippen LogP contribution in [-0.4, -0.2) is 49.7 Å². The molecule has 2 saturated heterocycles. The number of hydrogen-bond acceptors (Lipinski definition) is 4. The molecule has 2 aromatic rings. The summed E-state index contributed by atoms with van der Waals surface area (Å²) in [5.74, 6) is -0.521. The van der Waals surface area contributed by atoms with Crippen LogP contribution in [0.5, 0.6) is 0 Å². The molecule has 8 heteroatoms. The van der Waals surface area contributed by atoms with Gasteiger partial charge in [0.05, 0.1) is 11.7 Å². The molecule has 2 aliphatic heterocycles. The van der Waals surface area contributed by atoms with Crippen molar-refractivity contribution in [2.24, 2.45) is 5.92 Å². The molecule has 1 N–H and O–H groups in total. The van der Waals surface area contributed by atoms with Crippen LogP contribution in [0.25, 0.3) is 0 Å². The van der Waals surface area contributed by atoms with Crippen molar-refractivity contribution in [3.8, 4) is 0 Å². The van der Waals surface area contributed by atoms with Crippen LogP contribution in [0, 0.1) is 5.92 Å². The number of hydrogen-bond donors (Lipinski definition) is 1. The summed E-state index contributed by atoms with van der Waals surface area (Å²) in [6.45, 7) is 4.45. The number of likely N-dealkylation sites (tertiary alicyclic amines) is 1. The Morgan fingerprint density at radius 1 is 0.941 bits per heavy atom. The van der Waals surface area contributed by atoms with Gasteiger partial charge < -0.3 is 5.32 Å². The number of sulfonamides is 1. The fraction of sp³-hybridized carbons (Fsp3) is 0.500. The molecule has 0 bridgehead atoms. The molecular weight excluding hydrogens is 470 g/mol. The smallest absolute Gasteiger partial charge is 0.224 e. The molecule has 184 valence electrons. The van der Waals surface area contributed by atoms with E-state index in [9.17, 15) is 13.2 Å². The fourth-order valence-corrected chi connectivity index (χ4v) is 6.62. The van der Waals surface area contributed by atoms with Gasteiger partial charge in [-0.15, -0.1) is 0 Å².